The van der Waals surface area contributed by atoms with Crippen LogP contribution < -0.4 is 5.73 Å². The summed E-state index contributed by atoms with van der Waals surface area (Å²) in [5.74, 6) is 2.32. The van der Waals surface area contributed by atoms with E-state index < -0.39 is 0 Å². The van der Waals surface area contributed by atoms with Crippen molar-refractivity contribution >= 4 is 5.82 Å². The second-order valence-corrected chi connectivity index (χ2v) is 3.86. The molecule has 0 aliphatic heterocycles. The van der Waals surface area contributed by atoms with Crippen LogP contribution in [0.4, 0.5) is 5.82 Å². The molecule has 0 saturated heterocycles. The van der Waals surface area contributed by atoms with Crippen LogP contribution in [0.15, 0.2) is 18.5 Å². The van der Waals surface area contributed by atoms with Crippen molar-refractivity contribution in [2.75, 3.05) is 5.73 Å². The maximum Gasteiger partial charge on any atom is 0.130 e. The normalized spacial score (nSPS) is 10.7. The van der Waals surface area contributed by atoms with Gasteiger partial charge in [-0.1, -0.05) is 6.92 Å². The topological polar surface area (TPSA) is 69.6 Å². The first-order valence-corrected chi connectivity index (χ1v) is 5.85. The second kappa shape index (κ2) is 4.95. The lowest BCUT2D eigenvalue weighted by Gasteiger charge is -2.06. The van der Waals surface area contributed by atoms with Crippen LogP contribution in [0.5, 0.6) is 0 Å². The molecule has 0 saturated carbocycles. The van der Waals surface area contributed by atoms with Crippen molar-refractivity contribution in [3.63, 3.8) is 0 Å². The number of nitrogens with two attached hydrogens (primary N) is 1. The zero-order valence-corrected chi connectivity index (χ0v) is 10.2. The molecule has 0 atom stereocenters. The van der Waals surface area contributed by atoms with Crippen molar-refractivity contribution in [3.8, 4) is 0 Å². The summed E-state index contributed by atoms with van der Waals surface area (Å²) >= 11 is 0. The zero-order chi connectivity index (χ0) is 12.3. The summed E-state index contributed by atoms with van der Waals surface area (Å²) in [6.07, 6.45) is 5.27. The van der Waals surface area contributed by atoms with E-state index >= 15 is 0 Å². The van der Waals surface area contributed by atoms with Gasteiger partial charge in [0.05, 0.1) is 5.69 Å². The Bertz CT molecular complexity index is 503. The smallest absolute Gasteiger partial charge is 0.130 e. The molecule has 0 radical (unpaired) electrons. The second-order valence-electron chi connectivity index (χ2n) is 3.86. The Balaban J connectivity index is 2.26. The lowest BCUT2D eigenvalue weighted by atomic mass is 10.2. The largest absolute Gasteiger partial charge is 0.384 e. The van der Waals surface area contributed by atoms with Crippen LogP contribution in [-0.2, 0) is 19.4 Å². The summed E-state index contributed by atoms with van der Waals surface area (Å²) in [6, 6.07) is 1.81. The molecule has 2 aromatic rings. The Morgan fingerprint density at radius 1 is 1.29 bits per heavy atom. The quantitative estimate of drug-likeness (QED) is 0.864. The molecule has 5 heteroatoms. The Morgan fingerprint density at radius 3 is 2.82 bits per heavy atom. The van der Waals surface area contributed by atoms with Crippen LogP contribution in [-0.4, -0.2) is 19.5 Å². The van der Waals surface area contributed by atoms with Gasteiger partial charge >= 0.3 is 0 Å². The molecule has 0 amide bonds. The van der Waals surface area contributed by atoms with E-state index in [4.69, 9.17) is 5.73 Å². The van der Waals surface area contributed by atoms with Crippen molar-refractivity contribution < 1.29 is 0 Å². The van der Waals surface area contributed by atoms with Gasteiger partial charge in [-0.3, -0.25) is 0 Å². The number of anilines is 1. The van der Waals surface area contributed by atoms with Gasteiger partial charge in [-0.25, -0.2) is 15.0 Å². The molecular weight excluding hydrogens is 214 g/mol. The molecule has 0 aliphatic carbocycles. The van der Waals surface area contributed by atoms with E-state index in [9.17, 15) is 0 Å². The fraction of sp³-hybridized carbons (Fsp3) is 0.417. The van der Waals surface area contributed by atoms with Gasteiger partial charge in [0.15, 0.2) is 0 Å². The van der Waals surface area contributed by atoms with Gasteiger partial charge < -0.3 is 10.3 Å². The third kappa shape index (κ3) is 2.61. The minimum atomic E-state index is 0.529. The predicted molar refractivity (Wildman–Crippen MR) is 66.5 cm³/mol. The van der Waals surface area contributed by atoms with Gasteiger partial charge in [-0.15, -0.1) is 0 Å². The Labute approximate surface area is 101 Å². The molecule has 0 spiro atoms. The number of imidazole rings is 1. The number of aromatic nitrogens is 4. The molecule has 2 rings (SSSR count). The van der Waals surface area contributed by atoms with Crippen LogP contribution in [0, 0.1) is 0 Å². The van der Waals surface area contributed by atoms with Gasteiger partial charge in [0, 0.05) is 37.8 Å². The average Bonchev–Trinajstić information content (AvgIpc) is 2.75. The van der Waals surface area contributed by atoms with Crippen molar-refractivity contribution in [3.05, 3.63) is 35.8 Å². The van der Waals surface area contributed by atoms with E-state index in [1.54, 1.807) is 0 Å². The van der Waals surface area contributed by atoms with E-state index in [0.717, 1.165) is 30.3 Å². The molecular formula is C12H17N5. The third-order valence-electron chi connectivity index (χ3n) is 2.64. The summed E-state index contributed by atoms with van der Waals surface area (Å²) in [7, 11) is 0. The molecule has 5 nitrogen and oxygen atoms in total. The van der Waals surface area contributed by atoms with E-state index in [0.29, 0.717) is 12.2 Å². The predicted octanol–water partition coefficient (Wildman–Crippen LogP) is 1.43. The number of nitrogens with zero attached hydrogens (tertiary/aromatic N) is 4. The lowest BCUT2D eigenvalue weighted by molar-refractivity contribution is 0.706. The van der Waals surface area contributed by atoms with Crippen LogP contribution >= 0.6 is 0 Å². The first kappa shape index (κ1) is 11.6. The first-order valence-electron chi connectivity index (χ1n) is 5.85. The van der Waals surface area contributed by atoms with Gasteiger partial charge in [0.25, 0.3) is 0 Å². The number of nitrogen functional groups attached to an aromatic ring is 1. The summed E-state index contributed by atoms with van der Waals surface area (Å²) in [5.41, 5.74) is 6.68. The summed E-state index contributed by atoms with van der Waals surface area (Å²) < 4.78 is 2.10. The highest BCUT2D eigenvalue weighted by molar-refractivity contribution is 5.31. The summed E-state index contributed by atoms with van der Waals surface area (Å²) in [6.45, 7) is 5.03. The highest BCUT2D eigenvalue weighted by Crippen LogP contribution is 2.09. The van der Waals surface area contributed by atoms with Crippen molar-refractivity contribution in [1.29, 1.82) is 0 Å². The molecule has 0 bridgehead atoms. The minimum absolute atomic E-state index is 0.529. The maximum atomic E-state index is 5.76. The molecule has 0 aromatic carbocycles. The lowest BCUT2D eigenvalue weighted by Crippen LogP contribution is -2.06. The average molecular weight is 231 g/mol. The molecule has 2 aromatic heterocycles. The monoisotopic (exact) mass is 231 g/mol. The molecule has 0 fully saturated rings. The molecule has 0 aliphatic rings. The van der Waals surface area contributed by atoms with Crippen LogP contribution in [0.25, 0.3) is 0 Å². The Hall–Kier alpha value is -1.91. The van der Waals surface area contributed by atoms with E-state index in [2.05, 4.69) is 26.4 Å². The highest BCUT2D eigenvalue weighted by atomic mass is 15.1. The van der Waals surface area contributed by atoms with E-state index in [-0.39, 0.29) is 0 Å². The highest BCUT2D eigenvalue weighted by Gasteiger charge is 2.06. The van der Waals surface area contributed by atoms with E-state index in [1.807, 2.05) is 25.4 Å². The van der Waals surface area contributed by atoms with Gasteiger partial charge in [0.1, 0.15) is 17.5 Å². The Morgan fingerprint density at radius 2 is 2.12 bits per heavy atom. The fourth-order valence-corrected chi connectivity index (χ4v) is 1.78. The van der Waals surface area contributed by atoms with Crippen LogP contribution in [0.3, 0.4) is 0 Å². The van der Waals surface area contributed by atoms with Crippen molar-refractivity contribution in [2.45, 2.75) is 33.2 Å². The van der Waals surface area contributed by atoms with E-state index in [1.165, 1.54) is 0 Å². The SMILES string of the molecule is CCc1nc(N)cc(Cc2nccn2CC)n1. The summed E-state index contributed by atoms with van der Waals surface area (Å²) in [4.78, 5) is 13.0. The molecule has 2 heterocycles. The third-order valence-corrected chi connectivity index (χ3v) is 2.64. The molecule has 17 heavy (non-hydrogen) atoms. The van der Waals surface area contributed by atoms with Crippen LogP contribution in [0.2, 0.25) is 0 Å². The molecule has 0 unspecified atom stereocenters. The maximum absolute atomic E-state index is 5.76. The standard InChI is InChI=1S/C12H17N5/c1-3-11-15-9(7-10(13)16-11)8-12-14-5-6-17(12)4-2/h5-7H,3-4,8H2,1-2H3,(H2,13,15,16). The van der Waals surface area contributed by atoms with Crippen LogP contribution in [0.1, 0.15) is 31.2 Å². The zero-order valence-electron chi connectivity index (χ0n) is 10.2. The molecule has 90 valence electrons. The first-order chi connectivity index (χ1) is 8.22. The molecule has 2 N–H and O–H groups in total. The Kier molecular flexibility index (Phi) is 3.37. The minimum Gasteiger partial charge on any atom is -0.384 e. The van der Waals surface area contributed by atoms with Crippen molar-refractivity contribution in [1.82, 2.24) is 19.5 Å². The number of rotatable bonds is 4. The van der Waals surface area contributed by atoms with Gasteiger partial charge in [-0.05, 0) is 6.92 Å². The fourth-order valence-electron chi connectivity index (χ4n) is 1.78. The number of hydrogen-bond acceptors (Lipinski definition) is 4. The number of aryl methyl sites for hydroxylation is 2. The van der Waals surface area contributed by atoms with Gasteiger partial charge in [-0.2, -0.15) is 0 Å². The van der Waals surface area contributed by atoms with Crippen molar-refractivity contribution in [2.24, 2.45) is 0 Å². The number of hydrogen-bond donors (Lipinski definition) is 1. The summed E-state index contributed by atoms with van der Waals surface area (Å²) in [5, 5.41) is 0. The van der Waals surface area contributed by atoms with Gasteiger partial charge in [0.2, 0.25) is 0 Å².